The molecule has 0 fully saturated rings. The summed E-state index contributed by atoms with van der Waals surface area (Å²) in [6.45, 7) is 3.54. The minimum atomic E-state index is -3.68. The second-order valence-electron chi connectivity index (χ2n) is 6.00. The van der Waals surface area contributed by atoms with Crippen LogP contribution in [0.5, 0.6) is 11.5 Å². The van der Waals surface area contributed by atoms with Gasteiger partial charge in [-0.2, -0.15) is 0 Å². The largest absolute Gasteiger partial charge is 0.433 e. The zero-order valence-corrected chi connectivity index (χ0v) is 15.4. The standard InChI is InChI=1S/C19H25O5P/c1-3-18(20)15(2)19(21)14-25(22,23-16-10-6-4-7-11-16)24-17-12-8-5-9-13-17/h4-13,15,18-21H,3,14H2,1-2H3/t15-,18+,19-/m1/s1. The van der Waals surface area contributed by atoms with Gasteiger partial charge in [0, 0.05) is 5.92 Å². The van der Waals surface area contributed by atoms with E-state index in [0.29, 0.717) is 17.9 Å². The van der Waals surface area contributed by atoms with Crippen LogP contribution in [0.15, 0.2) is 60.7 Å². The molecule has 3 atom stereocenters. The van der Waals surface area contributed by atoms with Crippen LogP contribution in [0.3, 0.4) is 0 Å². The molecule has 0 spiro atoms. The van der Waals surface area contributed by atoms with E-state index < -0.39 is 25.7 Å². The van der Waals surface area contributed by atoms with Gasteiger partial charge in [-0.05, 0) is 30.7 Å². The predicted molar refractivity (Wildman–Crippen MR) is 98.1 cm³/mol. The smallest absolute Gasteiger partial charge is 0.416 e. The lowest BCUT2D eigenvalue weighted by Crippen LogP contribution is -2.32. The Morgan fingerprint density at radius 2 is 1.32 bits per heavy atom. The fourth-order valence-corrected chi connectivity index (χ4v) is 4.26. The van der Waals surface area contributed by atoms with Crippen LogP contribution in [0.1, 0.15) is 20.3 Å². The highest BCUT2D eigenvalue weighted by Gasteiger charge is 2.35. The van der Waals surface area contributed by atoms with Crippen molar-refractivity contribution in [3.8, 4) is 11.5 Å². The summed E-state index contributed by atoms with van der Waals surface area (Å²) in [5.74, 6) is 0.354. The number of rotatable bonds is 9. The Balaban J connectivity index is 2.20. The number of hydrogen-bond acceptors (Lipinski definition) is 5. The van der Waals surface area contributed by atoms with Gasteiger partial charge in [0.15, 0.2) is 0 Å². The van der Waals surface area contributed by atoms with Crippen LogP contribution in [0, 0.1) is 5.92 Å². The third-order valence-electron chi connectivity index (χ3n) is 4.02. The molecule has 136 valence electrons. The molecule has 0 aliphatic carbocycles. The van der Waals surface area contributed by atoms with E-state index in [9.17, 15) is 14.8 Å². The minimum Gasteiger partial charge on any atom is -0.416 e. The fourth-order valence-electron chi connectivity index (χ4n) is 2.40. The molecule has 6 heteroatoms. The lowest BCUT2D eigenvalue weighted by Gasteiger charge is -2.27. The maximum Gasteiger partial charge on any atom is 0.433 e. The minimum absolute atomic E-state index is 0.213. The predicted octanol–water partition coefficient (Wildman–Crippen LogP) is 4.11. The monoisotopic (exact) mass is 364 g/mol. The highest BCUT2D eigenvalue weighted by atomic mass is 31.2. The Morgan fingerprint density at radius 3 is 1.72 bits per heavy atom. The number of hydrogen-bond donors (Lipinski definition) is 2. The molecule has 0 bridgehead atoms. The molecule has 0 saturated carbocycles. The van der Waals surface area contributed by atoms with Gasteiger partial charge in [-0.25, -0.2) is 4.57 Å². The first-order valence-corrected chi connectivity index (χ1v) is 10.1. The summed E-state index contributed by atoms with van der Waals surface area (Å²) in [6, 6.07) is 17.4. The Bertz CT molecular complexity index is 631. The molecule has 0 amide bonds. The van der Waals surface area contributed by atoms with Gasteiger partial charge >= 0.3 is 7.60 Å². The zero-order valence-electron chi connectivity index (χ0n) is 14.5. The second-order valence-corrected chi connectivity index (χ2v) is 7.96. The van der Waals surface area contributed by atoms with Crippen molar-refractivity contribution >= 4 is 7.60 Å². The van der Waals surface area contributed by atoms with Crippen LogP contribution in [0.25, 0.3) is 0 Å². The van der Waals surface area contributed by atoms with Crippen molar-refractivity contribution < 1.29 is 23.8 Å². The van der Waals surface area contributed by atoms with Gasteiger partial charge in [0.2, 0.25) is 0 Å². The van der Waals surface area contributed by atoms with Gasteiger partial charge < -0.3 is 19.3 Å². The lowest BCUT2D eigenvalue weighted by atomic mass is 9.97. The third kappa shape index (κ3) is 5.89. The van der Waals surface area contributed by atoms with Crippen LogP contribution in [0.4, 0.5) is 0 Å². The quantitative estimate of drug-likeness (QED) is 0.655. The SMILES string of the molecule is CC[C@H](O)[C@@H](C)[C@H](O)CP(=O)(Oc1ccccc1)Oc1ccccc1. The van der Waals surface area contributed by atoms with Crippen LogP contribution >= 0.6 is 7.60 Å². The summed E-state index contributed by atoms with van der Waals surface area (Å²) in [4.78, 5) is 0. The molecule has 2 aromatic rings. The maximum absolute atomic E-state index is 13.3. The number of aliphatic hydroxyl groups excluding tert-OH is 2. The van der Waals surface area contributed by atoms with Crippen molar-refractivity contribution in [3.05, 3.63) is 60.7 Å². The average molecular weight is 364 g/mol. The average Bonchev–Trinajstić information content (AvgIpc) is 2.61. The maximum atomic E-state index is 13.3. The van der Waals surface area contributed by atoms with Crippen molar-refractivity contribution in [1.29, 1.82) is 0 Å². The molecule has 0 aliphatic heterocycles. The van der Waals surface area contributed by atoms with Gasteiger partial charge in [-0.3, -0.25) is 0 Å². The Morgan fingerprint density at radius 1 is 0.880 bits per heavy atom. The summed E-state index contributed by atoms with van der Waals surface area (Å²) in [5, 5.41) is 20.4. The Hall–Kier alpha value is -1.81. The van der Waals surface area contributed by atoms with E-state index in [1.54, 1.807) is 55.5 Å². The first-order chi connectivity index (χ1) is 11.9. The fraction of sp³-hybridized carbons (Fsp3) is 0.368. The van der Waals surface area contributed by atoms with E-state index in [4.69, 9.17) is 9.05 Å². The number of aliphatic hydroxyl groups is 2. The van der Waals surface area contributed by atoms with E-state index in [0.717, 1.165) is 0 Å². The summed E-state index contributed by atoms with van der Waals surface area (Å²) in [6.07, 6.45) is -1.42. The van der Waals surface area contributed by atoms with Crippen molar-refractivity contribution in [1.82, 2.24) is 0 Å². The molecule has 5 nitrogen and oxygen atoms in total. The summed E-state index contributed by atoms with van der Waals surface area (Å²) >= 11 is 0. The number of para-hydroxylation sites is 2. The van der Waals surface area contributed by atoms with Crippen LogP contribution in [-0.4, -0.2) is 28.6 Å². The topological polar surface area (TPSA) is 76.0 Å². The van der Waals surface area contributed by atoms with Crippen LogP contribution in [0.2, 0.25) is 0 Å². The van der Waals surface area contributed by atoms with Crippen molar-refractivity contribution in [2.45, 2.75) is 32.5 Å². The molecule has 0 aliphatic rings. The summed E-state index contributed by atoms with van der Waals surface area (Å²) in [5.41, 5.74) is 0. The second kappa shape index (κ2) is 9.04. The van der Waals surface area contributed by atoms with Gasteiger partial charge in [0.1, 0.15) is 11.5 Å². The molecule has 0 saturated heterocycles. The van der Waals surface area contributed by atoms with Gasteiger partial charge in [-0.1, -0.05) is 50.2 Å². The van der Waals surface area contributed by atoms with Crippen LogP contribution < -0.4 is 9.05 Å². The van der Waals surface area contributed by atoms with Crippen molar-refractivity contribution in [2.75, 3.05) is 6.16 Å². The molecule has 2 N–H and O–H groups in total. The van der Waals surface area contributed by atoms with Crippen molar-refractivity contribution in [3.63, 3.8) is 0 Å². The lowest BCUT2D eigenvalue weighted by molar-refractivity contribution is 0.0296. The normalized spacial score (nSPS) is 15.2. The molecule has 0 aromatic heterocycles. The highest BCUT2D eigenvalue weighted by Crippen LogP contribution is 2.49. The third-order valence-corrected chi connectivity index (χ3v) is 5.82. The van der Waals surface area contributed by atoms with E-state index in [1.165, 1.54) is 0 Å². The molecule has 25 heavy (non-hydrogen) atoms. The van der Waals surface area contributed by atoms with Crippen LogP contribution in [-0.2, 0) is 4.57 Å². The molecule has 2 aromatic carbocycles. The summed E-state index contributed by atoms with van der Waals surface area (Å²) < 4.78 is 24.6. The van der Waals surface area contributed by atoms with E-state index in [2.05, 4.69) is 0 Å². The highest BCUT2D eigenvalue weighted by molar-refractivity contribution is 7.54. The first-order valence-electron chi connectivity index (χ1n) is 8.38. The Kier molecular flexibility index (Phi) is 7.06. The molecule has 0 unspecified atom stereocenters. The van der Waals surface area contributed by atoms with Gasteiger partial charge in [0.05, 0.1) is 18.4 Å². The summed E-state index contributed by atoms with van der Waals surface area (Å²) in [7, 11) is -3.68. The molecule has 0 radical (unpaired) electrons. The van der Waals surface area contributed by atoms with Gasteiger partial charge in [0.25, 0.3) is 0 Å². The Labute approximate surface area is 148 Å². The zero-order chi connectivity index (χ0) is 18.3. The van der Waals surface area contributed by atoms with Crippen molar-refractivity contribution in [2.24, 2.45) is 5.92 Å². The van der Waals surface area contributed by atoms with Gasteiger partial charge in [-0.15, -0.1) is 0 Å². The molecular weight excluding hydrogens is 339 g/mol. The molecular formula is C19H25O5P. The molecule has 0 heterocycles. The van der Waals surface area contributed by atoms with E-state index >= 15 is 0 Å². The first kappa shape index (κ1) is 19.5. The van der Waals surface area contributed by atoms with E-state index in [-0.39, 0.29) is 6.16 Å². The number of benzene rings is 2. The molecule has 2 rings (SSSR count). The van der Waals surface area contributed by atoms with E-state index in [1.807, 2.05) is 19.1 Å².